The van der Waals surface area contributed by atoms with Crippen molar-refractivity contribution in [2.45, 2.75) is 45.6 Å². The van der Waals surface area contributed by atoms with E-state index < -0.39 is 0 Å². The molecule has 1 heterocycles. The van der Waals surface area contributed by atoms with Gasteiger partial charge in [-0.05, 0) is 25.0 Å². The molecule has 0 aromatic carbocycles. The molecule has 2 heteroatoms. The molecule has 0 aliphatic heterocycles. The third kappa shape index (κ3) is 3.46. The summed E-state index contributed by atoms with van der Waals surface area (Å²) in [5.74, 6) is 0. The van der Waals surface area contributed by atoms with Crippen LogP contribution >= 0.6 is 0 Å². The van der Waals surface area contributed by atoms with Crippen LogP contribution in [0.2, 0.25) is 0 Å². The molecule has 0 saturated carbocycles. The number of aromatic nitrogens is 1. The summed E-state index contributed by atoms with van der Waals surface area (Å²) in [5.41, 5.74) is 1.93. The standard InChI is InChI=1S/C12H19NO/c1-3-4-5-6-12(14)11-8-7-10(2)9-13-11/h7-9,12,14H,3-6H2,1-2H3. The Kier molecular flexibility index (Phi) is 4.60. The Bertz CT molecular complexity index is 256. The average Bonchev–Trinajstić information content (AvgIpc) is 2.19. The van der Waals surface area contributed by atoms with E-state index in [0.717, 1.165) is 24.1 Å². The molecule has 78 valence electrons. The molecule has 0 radical (unpaired) electrons. The summed E-state index contributed by atoms with van der Waals surface area (Å²) in [6, 6.07) is 3.90. The van der Waals surface area contributed by atoms with Gasteiger partial charge >= 0.3 is 0 Å². The van der Waals surface area contributed by atoms with Crippen LogP contribution in [0, 0.1) is 6.92 Å². The van der Waals surface area contributed by atoms with Crippen LogP contribution < -0.4 is 0 Å². The van der Waals surface area contributed by atoms with Crippen molar-refractivity contribution in [3.63, 3.8) is 0 Å². The number of nitrogens with zero attached hydrogens (tertiary/aromatic N) is 1. The molecule has 1 rings (SSSR count). The molecule has 14 heavy (non-hydrogen) atoms. The normalized spacial score (nSPS) is 12.8. The molecule has 1 atom stereocenters. The van der Waals surface area contributed by atoms with Crippen LogP contribution in [-0.4, -0.2) is 10.1 Å². The molecule has 0 saturated heterocycles. The average molecular weight is 193 g/mol. The van der Waals surface area contributed by atoms with Gasteiger partial charge in [0.25, 0.3) is 0 Å². The van der Waals surface area contributed by atoms with Crippen LogP contribution in [0.4, 0.5) is 0 Å². The largest absolute Gasteiger partial charge is 0.387 e. The molecule has 1 unspecified atom stereocenters. The Balaban J connectivity index is 2.43. The summed E-state index contributed by atoms with van der Waals surface area (Å²) >= 11 is 0. The summed E-state index contributed by atoms with van der Waals surface area (Å²) in [6.07, 6.45) is 5.69. The maximum absolute atomic E-state index is 9.78. The Morgan fingerprint density at radius 3 is 2.71 bits per heavy atom. The van der Waals surface area contributed by atoms with Gasteiger partial charge in [0.15, 0.2) is 0 Å². The summed E-state index contributed by atoms with van der Waals surface area (Å²) in [7, 11) is 0. The molecule has 2 nitrogen and oxygen atoms in total. The first-order valence-electron chi connectivity index (χ1n) is 5.34. The van der Waals surface area contributed by atoms with Crippen molar-refractivity contribution in [1.82, 2.24) is 4.98 Å². The zero-order chi connectivity index (χ0) is 10.4. The first kappa shape index (κ1) is 11.2. The summed E-state index contributed by atoms with van der Waals surface area (Å²) in [6.45, 7) is 4.16. The van der Waals surface area contributed by atoms with Crippen molar-refractivity contribution in [3.05, 3.63) is 29.6 Å². The van der Waals surface area contributed by atoms with Crippen LogP contribution in [0.5, 0.6) is 0 Å². The molecule has 0 amide bonds. The number of aliphatic hydroxyl groups excluding tert-OH is 1. The number of pyridine rings is 1. The molecule has 1 aromatic rings. The lowest BCUT2D eigenvalue weighted by molar-refractivity contribution is 0.159. The number of unbranched alkanes of at least 4 members (excludes halogenated alkanes) is 2. The maximum Gasteiger partial charge on any atom is 0.0959 e. The van der Waals surface area contributed by atoms with Crippen molar-refractivity contribution in [3.8, 4) is 0 Å². The van der Waals surface area contributed by atoms with E-state index in [1.165, 1.54) is 12.8 Å². The Morgan fingerprint density at radius 2 is 2.14 bits per heavy atom. The van der Waals surface area contributed by atoms with Gasteiger partial charge < -0.3 is 5.11 Å². The molecular weight excluding hydrogens is 174 g/mol. The van der Waals surface area contributed by atoms with Gasteiger partial charge in [-0.2, -0.15) is 0 Å². The summed E-state index contributed by atoms with van der Waals surface area (Å²) in [5, 5.41) is 9.78. The lowest BCUT2D eigenvalue weighted by Gasteiger charge is -2.09. The highest BCUT2D eigenvalue weighted by Crippen LogP contribution is 2.17. The fourth-order valence-corrected chi connectivity index (χ4v) is 1.41. The number of hydrogen-bond acceptors (Lipinski definition) is 2. The fraction of sp³-hybridized carbons (Fsp3) is 0.583. The quantitative estimate of drug-likeness (QED) is 0.729. The molecule has 0 spiro atoms. The lowest BCUT2D eigenvalue weighted by Crippen LogP contribution is -2.00. The van der Waals surface area contributed by atoms with E-state index >= 15 is 0 Å². The Hall–Kier alpha value is -0.890. The zero-order valence-electron chi connectivity index (χ0n) is 9.03. The molecule has 0 bridgehead atoms. The van der Waals surface area contributed by atoms with Gasteiger partial charge in [0.1, 0.15) is 0 Å². The third-order valence-electron chi connectivity index (χ3n) is 2.36. The minimum absolute atomic E-state index is 0.387. The van der Waals surface area contributed by atoms with E-state index in [-0.39, 0.29) is 6.10 Å². The van der Waals surface area contributed by atoms with Crippen molar-refractivity contribution < 1.29 is 5.11 Å². The predicted octanol–water partition coefficient (Wildman–Crippen LogP) is 3.00. The van der Waals surface area contributed by atoms with Gasteiger partial charge in [-0.3, -0.25) is 4.98 Å². The highest BCUT2D eigenvalue weighted by atomic mass is 16.3. The predicted molar refractivity (Wildman–Crippen MR) is 58.1 cm³/mol. The van der Waals surface area contributed by atoms with E-state index in [1.54, 1.807) is 6.20 Å². The topological polar surface area (TPSA) is 33.1 Å². The second-order valence-electron chi connectivity index (χ2n) is 3.77. The van der Waals surface area contributed by atoms with Gasteiger partial charge in [0, 0.05) is 6.20 Å². The van der Waals surface area contributed by atoms with E-state index in [4.69, 9.17) is 0 Å². The summed E-state index contributed by atoms with van der Waals surface area (Å²) < 4.78 is 0. The third-order valence-corrected chi connectivity index (χ3v) is 2.36. The van der Waals surface area contributed by atoms with Crippen LogP contribution in [-0.2, 0) is 0 Å². The highest BCUT2D eigenvalue weighted by Gasteiger charge is 2.07. The minimum atomic E-state index is -0.387. The van der Waals surface area contributed by atoms with E-state index in [2.05, 4.69) is 11.9 Å². The molecule has 1 N–H and O–H groups in total. The fourth-order valence-electron chi connectivity index (χ4n) is 1.41. The number of aryl methyl sites for hydroxylation is 1. The molecule has 0 fully saturated rings. The molecule has 1 aromatic heterocycles. The van der Waals surface area contributed by atoms with Crippen LogP contribution in [0.15, 0.2) is 18.3 Å². The van der Waals surface area contributed by atoms with Crippen molar-refractivity contribution in [2.24, 2.45) is 0 Å². The molecule has 0 aliphatic carbocycles. The second-order valence-corrected chi connectivity index (χ2v) is 3.77. The lowest BCUT2D eigenvalue weighted by atomic mass is 10.1. The zero-order valence-corrected chi connectivity index (χ0v) is 9.03. The smallest absolute Gasteiger partial charge is 0.0959 e. The number of aliphatic hydroxyl groups is 1. The van der Waals surface area contributed by atoms with Gasteiger partial charge in [-0.25, -0.2) is 0 Å². The monoisotopic (exact) mass is 193 g/mol. The van der Waals surface area contributed by atoms with Gasteiger partial charge in [0.05, 0.1) is 11.8 Å². The number of hydrogen-bond donors (Lipinski definition) is 1. The second kappa shape index (κ2) is 5.76. The maximum atomic E-state index is 9.78. The Morgan fingerprint density at radius 1 is 1.36 bits per heavy atom. The van der Waals surface area contributed by atoms with Gasteiger partial charge in [-0.15, -0.1) is 0 Å². The van der Waals surface area contributed by atoms with E-state index in [1.807, 2.05) is 19.1 Å². The minimum Gasteiger partial charge on any atom is -0.387 e. The van der Waals surface area contributed by atoms with Crippen molar-refractivity contribution in [2.75, 3.05) is 0 Å². The van der Waals surface area contributed by atoms with Crippen molar-refractivity contribution in [1.29, 1.82) is 0 Å². The van der Waals surface area contributed by atoms with Gasteiger partial charge in [0.2, 0.25) is 0 Å². The molecule has 0 aliphatic rings. The first-order chi connectivity index (χ1) is 6.74. The molecular formula is C12H19NO. The summed E-state index contributed by atoms with van der Waals surface area (Å²) in [4.78, 5) is 4.21. The Labute approximate surface area is 86.0 Å². The highest BCUT2D eigenvalue weighted by molar-refractivity contribution is 5.13. The van der Waals surface area contributed by atoms with E-state index in [0.29, 0.717) is 0 Å². The number of rotatable bonds is 5. The first-order valence-corrected chi connectivity index (χ1v) is 5.34. The van der Waals surface area contributed by atoms with Crippen LogP contribution in [0.25, 0.3) is 0 Å². The van der Waals surface area contributed by atoms with E-state index in [9.17, 15) is 5.11 Å². The van der Waals surface area contributed by atoms with Crippen molar-refractivity contribution >= 4 is 0 Å². The SMILES string of the molecule is CCCCCC(O)c1ccc(C)cn1. The van der Waals surface area contributed by atoms with Crippen LogP contribution in [0.3, 0.4) is 0 Å². The van der Waals surface area contributed by atoms with Crippen LogP contribution in [0.1, 0.15) is 50.0 Å². The van der Waals surface area contributed by atoms with Gasteiger partial charge in [-0.1, -0.05) is 32.3 Å².